The number of benzene rings is 1. The minimum Gasteiger partial charge on any atom is -0.368 e. The van der Waals surface area contributed by atoms with Crippen molar-refractivity contribution in [3.8, 4) is 10.6 Å². The summed E-state index contributed by atoms with van der Waals surface area (Å²) in [5, 5.41) is 6.29. The van der Waals surface area contributed by atoms with E-state index in [0.717, 1.165) is 36.0 Å². The molecule has 3 aromatic rings. The van der Waals surface area contributed by atoms with Gasteiger partial charge in [-0.3, -0.25) is 4.90 Å². The molecule has 0 aliphatic carbocycles. The van der Waals surface area contributed by atoms with Gasteiger partial charge < -0.3 is 9.26 Å². The molecule has 24 heavy (non-hydrogen) atoms. The van der Waals surface area contributed by atoms with Crippen molar-refractivity contribution in [2.24, 2.45) is 0 Å². The molecule has 1 aromatic carbocycles. The van der Waals surface area contributed by atoms with Gasteiger partial charge in [-0.05, 0) is 23.9 Å². The first-order chi connectivity index (χ1) is 11.8. The molecule has 1 fully saturated rings. The van der Waals surface area contributed by atoms with Gasteiger partial charge >= 0.3 is 0 Å². The minimum atomic E-state index is 0.110. The summed E-state index contributed by atoms with van der Waals surface area (Å²) in [6.45, 7) is 4.69. The van der Waals surface area contributed by atoms with Crippen molar-refractivity contribution >= 4 is 11.3 Å². The SMILES string of the molecule is C[C@H]1CN(Cc2cc(-c3cccs3)on2)C[C@H](c2ccccc2)O1. The summed E-state index contributed by atoms with van der Waals surface area (Å²) in [6, 6.07) is 16.5. The van der Waals surface area contributed by atoms with E-state index in [2.05, 4.69) is 47.3 Å². The van der Waals surface area contributed by atoms with Crippen LogP contribution in [-0.4, -0.2) is 29.3 Å². The van der Waals surface area contributed by atoms with Gasteiger partial charge in [-0.2, -0.15) is 0 Å². The number of thiophene rings is 1. The molecule has 1 aliphatic rings. The first-order valence-electron chi connectivity index (χ1n) is 8.20. The summed E-state index contributed by atoms with van der Waals surface area (Å²) >= 11 is 1.67. The third-order valence-corrected chi connectivity index (χ3v) is 5.10. The van der Waals surface area contributed by atoms with Crippen LogP contribution in [0.2, 0.25) is 0 Å². The first-order valence-corrected chi connectivity index (χ1v) is 9.08. The summed E-state index contributed by atoms with van der Waals surface area (Å²) < 4.78 is 11.6. The first kappa shape index (κ1) is 15.6. The van der Waals surface area contributed by atoms with Crippen LogP contribution >= 0.6 is 11.3 Å². The monoisotopic (exact) mass is 340 g/mol. The van der Waals surface area contributed by atoms with Gasteiger partial charge in [0.2, 0.25) is 0 Å². The van der Waals surface area contributed by atoms with Crippen molar-refractivity contribution in [3.05, 3.63) is 65.2 Å². The van der Waals surface area contributed by atoms with Crippen molar-refractivity contribution < 1.29 is 9.26 Å². The molecule has 0 N–H and O–H groups in total. The Balaban J connectivity index is 1.46. The maximum atomic E-state index is 6.12. The van der Waals surface area contributed by atoms with Crippen molar-refractivity contribution in [2.75, 3.05) is 13.1 Å². The molecule has 3 heterocycles. The number of morpholine rings is 1. The van der Waals surface area contributed by atoms with Crippen molar-refractivity contribution in [2.45, 2.75) is 25.7 Å². The Morgan fingerprint density at radius 2 is 2.04 bits per heavy atom. The van der Waals surface area contributed by atoms with Crippen LogP contribution in [0.4, 0.5) is 0 Å². The molecule has 0 bridgehead atoms. The Morgan fingerprint density at radius 1 is 1.17 bits per heavy atom. The second-order valence-corrected chi connectivity index (χ2v) is 7.15. The van der Waals surface area contributed by atoms with E-state index in [1.54, 1.807) is 11.3 Å². The van der Waals surface area contributed by atoms with E-state index in [1.807, 2.05) is 23.6 Å². The third kappa shape index (κ3) is 3.43. The highest BCUT2D eigenvalue weighted by molar-refractivity contribution is 7.13. The van der Waals surface area contributed by atoms with Crippen LogP contribution in [0, 0.1) is 0 Å². The van der Waals surface area contributed by atoms with E-state index in [4.69, 9.17) is 9.26 Å². The smallest absolute Gasteiger partial charge is 0.177 e. The number of hydrogen-bond donors (Lipinski definition) is 0. The fourth-order valence-electron chi connectivity index (χ4n) is 3.17. The molecular formula is C19H20N2O2S. The minimum absolute atomic E-state index is 0.110. The highest BCUT2D eigenvalue weighted by atomic mass is 32.1. The van der Waals surface area contributed by atoms with E-state index in [0.29, 0.717) is 0 Å². The number of nitrogens with zero attached hydrogens (tertiary/aromatic N) is 2. The summed E-state index contributed by atoms with van der Waals surface area (Å²) in [6.07, 6.45) is 0.311. The number of aromatic nitrogens is 1. The van der Waals surface area contributed by atoms with Crippen LogP contribution in [-0.2, 0) is 11.3 Å². The lowest BCUT2D eigenvalue weighted by Gasteiger charge is -2.36. The lowest BCUT2D eigenvalue weighted by Crippen LogP contribution is -2.42. The molecular weight excluding hydrogens is 320 g/mol. The van der Waals surface area contributed by atoms with Crippen molar-refractivity contribution in [3.63, 3.8) is 0 Å². The average molecular weight is 340 g/mol. The molecule has 0 unspecified atom stereocenters. The van der Waals surface area contributed by atoms with Crippen molar-refractivity contribution in [1.29, 1.82) is 0 Å². The molecule has 2 aromatic heterocycles. The fourth-order valence-corrected chi connectivity index (χ4v) is 3.84. The molecule has 4 rings (SSSR count). The van der Waals surface area contributed by atoms with Crippen LogP contribution in [0.3, 0.4) is 0 Å². The van der Waals surface area contributed by atoms with E-state index < -0.39 is 0 Å². The summed E-state index contributed by atoms with van der Waals surface area (Å²) in [4.78, 5) is 3.51. The zero-order valence-corrected chi connectivity index (χ0v) is 14.4. The molecule has 4 nitrogen and oxygen atoms in total. The fraction of sp³-hybridized carbons (Fsp3) is 0.316. The molecule has 1 aliphatic heterocycles. The Labute approximate surface area is 145 Å². The molecule has 5 heteroatoms. The van der Waals surface area contributed by atoms with Gasteiger partial charge in [0.15, 0.2) is 5.76 Å². The highest BCUT2D eigenvalue weighted by Gasteiger charge is 2.27. The zero-order valence-electron chi connectivity index (χ0n) is 13.6. The van der Waals surface area contributed by atoms with Gasteiger partial charge in [0.25, 0.3) is 0 Å². The molecule has 0 amide bonds. The van der Waals surface area contributed by atoms with Gasteiger partial charge in [-0.15, -0.1) is 11.3 Å². The molecule has 2 atom stereocenters. The van der Waals surface area contributed by atoms with Crippen LogP contribution in [0.1, 0.15) is 24.3 Å². The second-order valence-electron chi connectivity index (χ2n) is 6.20. The molecule has 0 radical (unpaired) electrons. The second kappa shape index (κ2) is 6.89. The normalized spacial score (nSPS) is 21.9. The Morgan fingerprint density at radius 3 is 2.83 bits per heavy atom. The van der Waals surface area contributed by atoms with E-state index in [-0.39, 0.29) is 12.2 Å². The highest BCUT2D eigenvalue weighted by Crippen LogP contribution is 2.28. The van der Waals surface area contributed by atoms with Gasteiger partial charge in [-0.25, -0.2) is 0 Å². The largest absolute Gasteiger partial charge is 0.368 e. The Hall–Kier alpha value is -1.95. The predicted octanol–water partition coefficient (Wildman–Crippen LogP) is 4.37. The average Bonchev–Trinajstić information content (AvgIpc) is 3.26. The quantitative estimate of drug-likeness (QED) is 0.707. The van der Waals surface area contributed by atoms with Crippen molar-refractivity contribution in [1.82, 2.24) is 10.1 Å². The number of rotatable bonds is 4. The van der Waals surface area contributed by atoms with E-state index in [9.17, 15) is 0 Å². The predicted molar refractivity (Wildman–Crippen MR) is 94.8 cm³/mol. The van der Waals surface area contributed by atoms with Crippen LogP contribution in [0.25, 0.3) is 10.6 Å². The van der Waals surface area contributed by atoms with E-state index in [1.165, 1.54) is 5.56 Å². The zero-order chi connectivity index (χ0) is 16.4. The lowest BCUT2D eigenvalue weighted by atomic mass is 10.1. The molecule has 124 valence electrons. The summed E-state index contributed by atoms with van der Waals surface area (Å²) in [7, 11) is 0. The van der Waals surface area contributed by atoms with E-state index >= 15 is 0 Å². The Bertz CT molecular complexity index is 770. The number of ether oxygens (including phenoxy) is 1. The maximum absolute atomic E-state index is 6.12. The Kier molecular flexibility index (Phi) is 4.47. The molecule has 0 spiro atoms. The van der Waals surface area contributed by atoms with Crippen LogP contribution in [0.15, 0.2) is 58.4 Å². The third-order valence-electron chi connectivity index (χ3n) is 4.22. The standard InChI is InChI=1S/C19H20N2O2S/c1-14-11-21(13-18(22-14)15-6-3-2-4-7-15)12-16-10-17(23-20-16)19-8-5-9-24-19/h2-10,14,18H,11-13H2,1H3/t14-,18+/m0/s1. The van der Waals surface area contributed by atoms with Gasteiger partial charge in [-0.1, -0.05) is 41.6 Å². The van der Waals surface area contributed by atoms with Gasteiger partial charge in [0.1, 0.15) is 0 Å². The van der Waals surface area contributed by atoms with Gasteiger partial charge in [0.05, 0.1) is 22.8 Å². The summed E-state index contributed by atoms with van der Waals surface area (Å²) in [5.74, 6) is 0.848. The van der Waals surface area contributed by atoms with Crippen LogP contribution < -0.4 is 0 Å². The summed E-state index contributed by atoms with van der Waals surface area (Å²) in [5.41, 5.74) is 2.20. The topological polar surface area (TPSA) is 38.5 Å². The lowest BCUT2D eigenvalue weighted by molar-refractivity contribution is -0.0818. The number of hydrogen-bond acceptors (Lipinski definition) is 5. The molecule has 0 saturated carbocycles. The van der Waals surface area contributed by atoms with Gasteiger partial charge in [0, 0.05) is 25.7 Å². The maximum Gasteiger partial charge on any atom is 0.177 e. The van der Waals surface area contributed by atoms with Crippen LogP contribution in [0.5, 0.6) is 0 Å². The molecule has 1 saturated heterocycles.